The average molecular weight is 417 g/mol. The number of benzene rings is 3. The Morgan fingerprint density at radius 2 is 1.77 bits per heavy atom. The molecular weight excluding hydrogens is 387 g/mol. The van der Waals surface area contributed by atoms with Crippen LogP contribution in [0.5, 0.6) is 11.5 Å². The van der Waals surface area contributed by atoms with Crippen LogP contribution in [-0.2, 0) is 6.54 Å². The highest BCUT2D eigenvalue weighted by molar-refractivity contribution is 5.61. The molecule has 1 aliphatic rings. The molecule has 3 nitrogen and oxygen atoms in total. The second kappa shape index (κ2) is 8.94. The number of aryl methyl sites for hydroxylation is 2. The second-order valence-electron chi connectivity index (χ2n) is 8.47. The monoisotopic (exact) mass is 416 g/mol. The molecule has 1 aliphatic heterocycles. The van der Waals surface area contributed by atoms with Crippen LogP contribution in [0.1, 0.15) is 46.7 Å². The summed E-state index contributed by atoms with van der Waals surface area (Å²) in [6.45, 7) is 9.94. The summed E-state index contributed by atoms with van der Waals surface area (Å²) in [7, 11) is 0. The van der Waals surface area contributed by atoms with E-state index in [1.165, 1.54) is 41.2 Å². The number of likely N-dealkylation sites (tertiary alicyclic amines) is 1. The van der Waals surface area contributed by atoms with Gasteiger partial charge in [-0.25, -0.2) is 4.39 Å². The first-order valence-corrected chi connectivity index (χ1v) is 10.7. The van der Waals surface area contributed by atoms with Gasteiger partial charge < -0.3 is 10.5 Å². The molecule has 31 heavy (non-hydrogen) atoms. The van der Waals surface area contributed by atoms with Crippen molar-refractivity contribution in [2.75, 3.05) is 6.54 Å². The van der Waals surface area contributed by atoms with Gasteiger partial charge in [0.05, 0.1) is 0 Å². The van der Waals surface area contributed by atoms with Crippen LogP contribution < -0.4 is 10.5 Å². The van der Waals surface area contributed by atoms with Gasteiger partial charge in [0.1, 0.15) is 5.75 Å². The van der Waals surface area contributed by atoms with E-state index < -0.39 is 5.82 Å². The minimum Gasteiger partial charge on any atom is -0.454 e. The molecule has 0 aliphatic carbocycles. The summed E-state index contributed by atoms with van der Waals surface area (Å²) in [6, 6.07) is 19.8. The molecule has 0 aromatic heterocycles. The number of hydrogen-bond acceptors (Lipinski definition) is 3. The average Bonchev–Trinajstić information content (AvgIpc) is 3.18. The standard InChI is InChI=1S/C27H29FN2O/c1-18-13-19(2)15-23(14-18)26-5-4-12-30(26)17-21-6-9-24(10-7-21)31-27-11-8-22(20(3)29)16-25(27)28/h6-11,13-16,26H,3-5,12,17,29H2,1-2H3/t26-/m0/s1. The van der Waals surface area contributed by atoms with Crippen LogP contribution in [0.3, 0.4) is 0 Å². The molecule has 0 spiro atoms. The molecule has 0 amide bonds. The Balaban J connectivity index is 1.44. The Morgan fingerprint density at radius 3 is 2.42 bits per heavy atom. The quantitative estimate of drug-likeness (QED) is 0.498. The molecule has 0 bridgehead atoms. The Morgan fingerprint density at radius 1 is 1.06 bits per heavy atom. The number of halogens is 1. The van der Waals surface area contributed by atoms with Gasteiger partial charge in [0.25, 0.3) is 0 Å². The summed E-state index contributed by atoms with van der Waals surface area (Å²) >= 11 is 0. The van der Waals surface area contributed by atoms with Crippen LogP contribution in [-0.4, -0.2) is 11.4 Å². The lowest BCUT2D eigenvalue weighted by atomic mass is 9.99. The number of hydrogen-bond donors (Lipinski definition) is 1. The number of nitrogens with zero attached hydrogens (tertiary/aromatic N) is 1. The molecule has 160 valence electrons. The van der Waals surface area contributed by atoms with Crippen LogP contribution in [0.15, 0.2) is 67.2 Å². The van der Waals surface area contributed by atoms with E-state index >= 15 is 0 Å². The third-order valence-corrected chi connectivity index (χ3v) is 5.83. The van der Waals surface area contributed by atoms with Crippen LogP contribution in [0, 0.1) is 19.7 Å². The van der Waals surface area contributed by atoms with E-state index in [2.05, 4.69) is 55.7 Å². The zero-order valence-electron chi connectivity index (χ0n) is 18.2. The van der Waals surface area contributed by atoms with Gasteiger partial charge in [0.15, 0.2) is 11.6 Å². The van der Waals surface area contributed by atoms with E-state index in [0.29, 0.717) is 23.1 Å². The molecular formula is C27H29FN2O. The van der Waals surface area contributed by atoms with Gasteiger partial charge in [-0.15, -0.1) is 0 Å². The smallest absolute Gasteiger partial charge is 0.166 e. The largest absolute Gasteiger partial charge is 0.454 e. The minimum absolute atomic E-state index is 0.173. The fraction of sp³-hybridized carbons (Fsp3) is 0.259. The predicted octanol–water partition coefficient (Wildman–Crippen LogP) is 6.50. The molecule has 3 aromatic rings. The summed E-state index contributed by atoms with van der Waals surface area (Å²) in [4.78, 5) is 2.54. The summed E-state index contributed by atoms with van der Waals surface area (Å²) in [5.74, 6) is 0.322. The molecule has 2 N–H and O–H groups in total. The topological polar surface area (TPSA) is 38.5 Å². The first-order valence-electron chi connectivity index (χ1n) is 10.7. The third kappa shape index (κ3) is 4.97. The highest BCUT2D eigenvalue weighted by Crippen LogP contribution is 2.34. The molecule has 0 saturated carbocycles. The normalized spacial score (nSPS) is 16.4. The lowest BCUT2D eigenvalue weighted by molar-refractivity contribution is 0.248. The summed E-state index contributed by atoms with van der Waals surface area (Å²) < 4.78 is 20.0. The number of ether oxygens (including phenoxy) is 1. The summed E-state index contributed by atoms with van der Waals surface area (Å²) in [5, 5.41) is 0. The van der Waals surface area contributed by atoms with E-state index in [1.54, 1.807) is 12.1 Å². The maximum absolute atomic E-state index is 14.3. The van der Waals surface area contributed by atoms with Crippen molar-refractivity contribution in [1.29, 1.82) is 0 Å². The molecule has 4 heteroatoms. The predicted molar refractivity (Wildman–Crippen MR) is 124 cm³/mol. The second-order valence-corrected chi connectivity index (χ2v) is 8.47. The Labute approximate surface area is 184 Å². The van der Waals surface area contributed by atoms with Gasteiger partial charge in [-0.2, -0.15) is 0 Å². The third-order valence-electron chi connectivity index (χ3n) is 5.83. The van der Waals surface area contributed by atoms with Crippen molar-refractivity contribution in [3.8, 4) is 11.5 Å². The lowest BCUT2D eigenvalue weighted by Crippen LogP contribution is -2.22. The molecule has 4 rings (SSSR count). The first kappa shape index (κ1) is 21.1. The van der Waals surface area contributed by atoms with Crippen LogP contribution >= 0.6 is 0 Å². The molecule has 1 heterocycles. The first-order chi connectivity index (χ1) is 14.9. The highest BCUT2D eigenvalue weighted by Gasteiger charge is 2.26. The zero-order valence-corrected chi connectivity index (χ0v) is 18.2. The van der Waals surface area contributed by atoms with Crippen LogP contribution in [0.25, 0.3) is 5.70 Å². The molecule has 1 fully saturated rings. The Bertz CT molecular complexity index is 1070. The fourth-order valence-electron chi connectivity index (χ4n) is 4.40. The van der Waals surface area contributed by atoms with Gasteiger partial charge >= 0.3 is 0 Å². The maximum Gasteiger partial charge on any atom is 0.166 e. The van der Waals surface area contributed by atoms with E-state index in [9.17, 15) is 4.39 Å². The van der Waals surface area contributed by atoms with Crippen LogP contribution in [0.4, 0.5) is 4.39 Å². The van der Waals surface area contributed by atoms with Crippen molar-refractivity contribution >= 4 is 5.70 Å². The van der Waals surface area contributed by atoms with Crippen molar-refractivity contribution in [2.24, 2.45) is 5.73 Å². The van der Waals surface area contributed by atoms with E-state index in [1.807, 2.05) is 12.1 Å². The lowest BCUT2D eigenvalue weighted by Gasteiger charge is -2.25. The summed E-state index contributed by atoms with van der Waals surface area (Å²) in [5.41, 5.74) is 11.8. The van der Waals surface area contributed by atoms with Crippen LogP contribution in [0.2, 0.25) is 0 Å². The van der Waals surface area contributed by atoms with Crippen molar-refractivity contribution < 1.29 is 9.13 Å². The Hall–Kier alpha value is -3.11. The van der Waals surface area contributed by atoms with E-state index in [-0.39, 0.29) is 5.75 Å². The molecule has 0 radical (unpaired) electrons. The summed E-state index contributed by atoms with van der Waals surface area (Å²) in [6.07, 6.45) is 2.40. The van der Waals surface area contributed by atoms with Crippen molar-refractivity contribution in [1.82, 2.24) is 4.90 Å². The maximum atomic E-state index is 14.3. The number of rotatable bonds is 6. The zero-order chi connectivity index (χ0) is 22.0. The SMILES string of the molecule is C=C(N)c1ccc(Oc2ccc(CN3CCC[C@H]3c3cc(C)cc(C)c3)cc2)c(F)c1. The van der Waals surface area contributed by atoms with Gasteiger partial charge in [0, 0.05) is 18.3 Å². The minimum atomic E-state index is -0.457. The highest BCUT2D eigenvalue weighted by atomic mass is 19.1. The van der Waals surface area contributed by atoms with Gasteiger partial charge in [0.2, 0.25) is 0 Å². The van der Waals surface area contributed by atoms with E-state index in [4.69, 9.17) is 10.5 Å². The fourth-order valence-corrected chi connectivity index (χ4v) is 4.40. The Kier molecular flexibility index (Phi) is 6.10. The molecule has 1 atom stereocenters. The van der Waals surface area contributed by atoms with Crippen molar-refractivity contribution in [2.45, 2.75) is 39.3 Å². The van der Waals surface area contributed by atoms with Gasteiger partial charge in [-0.1, -0.05) is 48.0 Å². The van der Waals surface area contributed by atoms with Crippen molar-refractivity contribution in [3.05, 3.63) is 101 Å². The van der Waals surface area contributed by atoms with Gasteiger partial charge in [-0.05, 0) is 80.3 Å². The molecule has 3 aromatic carbocycles. The van der Waals surface area contributed by atoms with E-state index in [0.717, 1.165) is 13.1 Å². The van der Waals surface area contributed by atoms with Crippen molar-refractivity contribution in [3.63, 3.8) is 0 Å². The molecule has 0 unspecified atom stereocenters. The molecule has 1 saturated heterocycles. The van der Waals surface area contributed by atoms with Gasteiger partial charge in [-0.3, -0.25) is 4.90 Å². The number of nitrogens with two attached hydrogens (primary N) is 1.